The van der Waals surface area contributed by atoms with E-state index in [4.69, 9.17) is 0 Å². The molecule has 1 N–H and O–H groups in total. The minimum absolute atomic E-state index is 0.624. The van der Waals surface area contributed by atoms with Crippen molar-refractivity contribution < 1.29 is 0 Å². The summed E-state index contributed by atoms with van der Waals surface area (Å²) in [4.78, 5) is 0. The van der Waals surface area contributed by atoms with Gasteiger partial charge in [-0.3, -0.25) is 0 Å². The summed E-state index contributed by atoms with van der Waals surface area (Å²) < 4.78 is 3.85. The molecule has 0 aliphatic heterocycles. The van der Waals surface area contributed by atoms with Crippen molar-refractivity contribution >= 4 is 11.5 Å². The van der Waals surface area contributed by atoms with Crippen LogP contribution >= 0.6 is 11.5 Å². The first-order chi connectivity index (χ1) is 6.86. The van der Waals surface area contributed by atoms with Crippen molar-refractivity contribution in [3.05, 3.63) is 11.1 Å². The molecule has 1 atom stereocenters. The molecule has 2 rings (SSSR count). The first-order valence-electron chi connectivity index (χ1n) is 5.35. The maximum atomic E-state index is 4.02. The van der Waals surface area contributed by atoms with Crippen LogP contribution in [0.3, 0.4) is 0 Å². The lowest BCUT2D eigenvalue weighted by Crippen LogP contribution is -2.31. The second kappa shape index (κ2) is 4.84. The minimum Gasteiger partial charge on any atom is -0.308 e. The molecule has 3 nitrogen and oxygen atoms in total. The molecule has 1 heterocycles. The molecular weight excluding hydrogens is 194 g/mol. The summed E-state index contributed by atoms with van der Waals surface area (Å²) in [6, 6.07) is 0.624. The Morgan fingerprint density at radius 1 is 1.57 bits per heavy atom. The van der Waals surface area contributed by atoms with Crippen LogP contribution in [-0.4, -0.2) is 15.6 Å². The van der Waals surface area contributed by atoms with Crippen LogP contribution in [0.2, 0.25) is 0 Å². The molecule has 1 aliphatic carbocycles. The molecule has 0 radical (unpaired) electrons. The summed E-state index contributed by atoms with van der Waals surface area (Å²) in [5.41, 5.74) is 1.07. The molecular formula is C10H17N3S. The Morgan fingerprint density at radius 3 is 3.00 bits per heavy atom. The molecule has 1 aliphatic rings. The number of hydrogen-bond donors (Lipinski definition) is 1. The highest BCUT2D eigenvalue weighted by Crippen LogP contribution is 2.27. The molecule has 0 amide bonds. The zero-order valence-corrected chi connectivity index (χ0v) is 9.39. The van der Waals surface area contributed by atoms with Gasteiger partial charge in [0.05, 0.1) is 5.69 Å². The number of aromatic nitrogens is 2. The number of nitrogens with one attached hydrogen (secondary N) is 1. The van der Waals surface area contributed by atoms with E-state index >= 15 is 0 Å². The van der Waals surface area contributed by atoms with E-state index in [9.17, 15) is 0 Å². The van der Waals surface area contributed by atoms with Crippen molar-refractivity contribution in [3.8, 4) is 0 Å². The summed E-state index contributed by atoms with van der Waals surface area (Å²) in [6.45, 7) is 3.16. The molecule has 0 unspecified atom stereocenters. The third kappa shape index (κ3) is 2.51. The third-order valence-corrected chi connectivity index (χ3v) is 3.67. The Morgan fingerprint density at radius 2 is 2.36 bits per heavy atom. The van der Waals surface area contributed by atoms with Crippen molar-refractivity contribution in [2.24, 2.45) is 5.92 Å². The predicted molar refractivity (Wildman–Crippen MR) is 58.2 cm³/mol. The molecule has 1 saturated carbocycles. The van der Waals surface area contributed by atoms with E-state index in [0.717, 1.165) is 18.2 Å². The van der Waals surface area contributed by atoms with Crippen LogP contribution in [0.5, 0.6) is 0 Å². The predicted octanol–water partition coefficient (Wildman–Crippen LogP) is 2.21. The zero-order chi connectivity index (χ0) is 9.80. The van der Waals surface area contributed by atoms with Crippen molar-refractivity contribution in [2.75, 3.05) is 0 Å². The van der Waals surface area contributed by atoms with Crippen LogP contribution in [0.25, 0.3) is 0 Å². The van der Waals surface area contributed by atoms with Gasteiger partial charge < -0.3 is 5.32 Å². The Kier molecular flexibility index (Phi) is 3.48. The SMILES string of the molecule is C[C@@H](NCc1csnn1)C1CCCC1. The van der Waals surface area contributed by atoms with Gasteiger partial charge in [0.25, 0.3) is 0 Å². The average Bonchev–Trinajstić information content (AvgIpc) is 2.87. The van der Waals surface area contributed by atoms with Crippen LogP contribution < -0.4 is 5.32 Å². The van der Waals surface area contributed by atoms with Gasteiger partial charge in [0, 0.05) is 18.0 Å². The quantitative estimate of drug-likeness (QED) is 0.829. The molecule has 78 valence electrons. The van der Waals surface area contributed by atoms with Gasteiger partial charge >= 0.3 is 0 Å². The van der Waals surface area contributed by atoms with Gasteiger partial charge in [0.2, 0.25) is 0 Å². The van der Waals surface area contributed by atoms with E-state index < -0.39 is 0 Å². The first-order valence-corrected chi connectivity index (χ1v) is 6.19. The van der Waals surface area contributed by atoms with Crippen molar-refractivity contribution in [1.29, 1.82) is 0 Å². The van der Waals surface area contributed by atoms with Crippen LogP contribution in [0, 0.1) is 5.92 Å². The topological polar surface area (TPSA) is 37.8 Å². The summed E-state index contributed by atoms with van der Waals surface area (Å²) >= 11 is 1.42. The lowest BCUT2D eigenvalue weighted by molar-refractivity contribution is 0.379. The molecule has 0 spiro atoms. The largest absolute Gasteiger partial charge is 0.308 e. The number of rotatable bonds is 4. The van der Waals surface area contributed by atoms with Crippen molar-refractivity contribution in [3.63, 3.8) is 0 Å². The van der Waals surface area contributed by atoms with E-state index in [1.54, 1.807) is 0 Å². The molecule has 0 bridgehead atoms. The monoisotopic (exact) mass is 211 g/mol. The minimum atomic E-state index is 0.624. The maximum absolute atomic E-state index is 4.02. The molecule has 0 saturated heterocycles. The van der Waals surface area contributed by atoms with Gasteiger partial charge in [-0.15, -0.1) is 5.10 Å². The Labute approximate surface area is 89.1 Å². The highest BCUT2D eigenvalue weighted by atomic mass is 32.1. The van der Waals surface area contributed by atoms with E-state index in [1.807, 2.05) is 5.38 Å². The smallest absolute Gasteiger partial charge is 0.0893 e. The molecule has 1 aromatic rings. The van der Waals surface area contributed by atoms with Crippen LogP contribution in [0.1, 0.15) is 38.3 Å². The van der Waals surface area contributed by atoms with Gasteiger partial charge in [-0.1, -0.05) is 17.3 Å². The molecule has 14 heavy (non-hydrogen) atoms. The highest BCUT2D eigenvalue weighted by molar-refractivity contribution is 7.03. The average molecular weight is 211 g/mol. The third-order valence-electron chi connectivity index (χ3n) is 3.12. The molecule has 4 heteroatoms. The summed E-state index contributed by atoms with van der Waals surface area (Å²) in [5.74, 6) is 0.876. The zero-order valence-electron chi connectivity index (χ0n) is 8.57. The van der Waals surface area contributed by atoms with Gasteiger partial charge in [-0.05, 0) is 37.2 Å². The van der Waals surface area contributed by atoms with Gasteiger partial charge in [-0.2, -0.15) is 0 Å². The van der Waals surface area contributed by atoms with Crippen molar-refractivity contribution in [1.82, 2.24) is 14.9 Å². The molecule has 1 aromatic heterocycles. The summed E-state index contributed by atoms with van der Waals surface area (Å²) in [7, 11) is 0. The fourth-order valence-corrected chi connectivity index (χ4v) is 2.60. The Bertz CT molecular complexity index is 254. The maximum Gasteiger partial charge on any atom is 0.0893 e. The van der Waals surface area contributed by atoms with E-state index in [1.165, 1.54) is 37.2 Å². The summed E-state index contributed by atoms with van der Waals surface area (Å²) in [6.07, 6.45) is 5.61. The lowest BCUT2D eigenvalue weighted by atomic mass is 10.00. The summed E-state index contributed by atoms with van der Waals surface area (Å²) in [5, 5.41) is 9.56. The van der Waals surface area contributed by atoms with Crippen LogP contribution in [0.15, 0.2) is 5.38 Å². The number of nitrogens with zero attached hydrogens (tertiary/aromatic N) is 2. The number of hydrogen-bond acceptors (Lipinski definition) is 4. The van der Waals surface area contributed by atoms with E-state index in [2.05, 4.69) is 21.8 Å². The van der Waals surface area contributed by atoms with Gasteiger partial charge in [0.15, 0.2) is 0 Å². The van der Waals surface area contributed by atoms with Crippen LogP contribution in [0.4, 0.5) is 0 Å². The molecule has 0 aromatic carbocycles. The van der Waals surface area contributed by atoms with Gasteiger partial charge in [-0.25, -0.2) is 0 Å². The Hall–Kier alpha value is -0.480. The lowest BCUT2D eigenvalue weighted by Gasteiger charge is -2.19. The Balaban J connectivity index is 1.74. The van der Waals surface area contributed by atoms with Crippen molar-refractivity contribution in [2.45, 2.75) is 45.2 Å². The highest BCUT2D eigenvalue weighted by Gasteiger charge is 2.20. The first kappa shape index (κ1) is 10.1. The normalized spacial score (nSPS) is 20.1. The van der Waals surface area contributed by atoms with Gasteiger partial charge in [0.1, 0.15) is 0 Å². The second-order valence-corrected chi connectivity index (χ2v) is 4.72. The second-order valence-electron chi connectivity index (χ2n) is 4.11. The fraction of sp³-hybridized carbons (Fsp3) is 0.800. The molecule has 1 fully saturated rings. The van der Waals surface area contributed by atoms with E-state index in [-0.39, 0.29) is 0 Å². The standard InChI is InChI=1S/C10H17N3S/c1-8(9-4-2-3-5-9)11-6-10-7-14-13-12-10/h7-9,11H,2-6H2,1H3/t8-/m1/s1. The van der Waals surface area contributed by atoms with Crippen LogP contribution in [-0.2, 0) is 6.54 Å². The van der Waals surface area contributed by atoms with E-state index in [0.29, 0.717) is 6.04 Å². The fourth-order valence-electron chi connectivity index (χ4n) is 2.15.